The highest BCUT2D eigenvalue weighted by molar-refractivity contribution is 6.19. The van der Waals surface area contributed by atoms with Gasteiger partial charge in [0.25, 0.3) is 0 Å². The van der Waals surface area contributed by atoms with Gasteiger partial charge in [-0.05, 0) is 33.1 Å². The summed E-state index contributed by atoms with van der Waals surface area (Å²) in [5.41, 5.74) is -0.544. The molecule has 0 aromatic rings. The molecule has 1 heterocycles. The Morgan fingerprint density at radius 2 is 1.95 bits per heavy atom. The molecule has 0 aromatic carbocycles. The molecule has 2 amide bonds. The van der Waals surface area contributed by atoms with Crippen LogP contribution in [0.3, 0.4) is 0 Å². The second kappa shape index (κ2) is 7.84. The number of carbonyl (C=O) groups is 2. The molecule has 1 saturated heterocycles. The number of piperidine rings is 1. The Labute approximate surface area is 125 Å². The van der Waals surface area contributed by atoms with Crippen LogP contribution < -0.4 is 5.32 Å². The average Bonchev–Trinajstić information content (AvgIpc) is 2.46. The normalized spacial score (nSPS) is 17.1. The van der Waals surface area contributed by atoms with Crippen molar-refractivity contribution in [2.24, 2.45) is 11.3 Å². The van der Waals surface area contributed by atoms with Crippen LogP contribution in [0.5, 0.6) is 0 Å². The molecule has 0 unspecified atom stereocenters. The molecule has 0 bridgehead atoms. The van der Waals surface area contributed by atoms with E-state index in [9.17, 15) is 9.59 Å². The average molecular weight is 305 g/mol. The van der Waals surface area contributed by atoms with Crippen molar-refractivity contribution in [2.45, 2.75) is 33.1 Å². The number of aliphatic hydroxyl groups excluding tert-OH is 1. The smallest absolute Gasteiger partial charge is 0.229 e. The summed E-state index contributed by atoms with van der Waals surface area (Å²) in [4.78, 5) is 25.9. The summed E-state index contributed by atoms with van der Waals surface area (Å²) in [7, 11) is 0. The van der Waals surface area contributed by atoms with Gasteiger partial charge in [0.05, 0.1) is 5.41 Å². The zero-order chi connectivity index (χ0) is 15.2. The standard InChI is InChI=1S/C14H25ClN2O3/c1-14(2,10-15)13(20)17-7-4-11(5-8-17)12(19)16-6-3-9-18/h11,18H,3-10H2,1-2H3,(H,16,19). The van der Waals surface area contributed by atoms with E-state index in [1.165, 1.54) is 0 Å². The Kier molecular flexibility index (Phi) is 6.76. The summed E-state index contributed by atoms with van der Waals surface area (Å²) in [6.07, 6.45) is 1.96. The molecule has 1 aliphatic rings. The fraction of sp³-hybridized carbons (Fsp3) is 0.857. The number of rotatable bonds is 6. The lowest BCUT2D eigenvalue weighted by atomic mass is 9.90. The molecule has 6 heteroatoms. The van der Waals surface area contributed by atoms with Crippen LogP contribution in [0.2, 0.25) is 0 Å². The van der Waals surface area contributed by atoms with Crippen molar-refractivity contribution in [3.63, 3.8) is 0 Å². The third-order valence-corrected chi connectivity index (χ3v) is 4.37. The second-order valence-corrected chi connectivity index (χ2v) is 6.22. The molecule has 0 aliphatic carbocycles. The zero-order valence-corrected chi connectivity index (χ0v) is 13.1. The number of nitrogens with zero attached hydrogens (tertiary/aromatic N) is 1. The molecule has 1 fully saturated rings. The van der Waals surface area contributed by atoms with E-state index >= 15 is 0 Å². The summed E-state index contributed by atoms with van der Waals surface area (Å²) >= 11 is 5.83. The van der Waals surface area contributed by atoms with Crippen LogP contribution in [0.4, 0.5) is 0 Å². The van der Waals surface area contributed by atoms with Gasteiger partial charge < -0.3 is 15.3 Å². The largest absolute Gasteiger partial charge is 0.396 e. The molecule has 5 nitrogen and oxygen atoms in total. The number of amides is 2. The SMILES string of the molecule is CC(C)(CCl)C(=O)N1CCC(C(=O)NCCCO)CC1. The minimum absolute atomic E-state index is 0.0298. The third-order valence-electron chi connectivity index (χ3n) is 3.70. The molecule has 0 radical (unpaired) electrons. The predicted molar refractivity (Wildman–Crippen MR) is 78.5 cm³/mol. The number of aliphatic hydroxyl groups is 1. The van der Waals surface area contributed by atoms with Gasteiger partial charge in [0.15, 0.2) is 0 Å². The van der Waals surface area contributed by atoms with E-state index < -0.39 is 5.41 Å². The lowest BCUT2D eigenvalue weighted by Gasteiger charge is -2.35. The van der Waals surface area contributed by atoms with Gasteiger partial charge >= 0.3 is 0 Å². The van der Waals surface area contributed by atoms with Crippen LogP contribution in [0.1, 0.15) is 33.1 Å². The molecule has 0 saturated carbocycles. The molecule has 0 aromatic heterocycles. The van der Waals surface area contributed by atoms with E-state index in [1.807, 2.05) is 13.8 Å². The third kappa shape index (κ3) is 4.63. The Hall–Kier alpha value is -0.810. The molecule has 0 atom stereocenters. The van der Waals surface area contributed by atoms with Crippen molar-refractivity contribution in [2.75, 3.05) is 32.1 Å². The fourth-order valence-electron chi connectivity index (χ4n) is 2.26. The van der Waals surface area contributed by atoms with Gasteiger partial charge in [0.2, 0.25) is 11.8 Å². The van der Waals surface area contributed by atoms with E-state index in [4.69, 9.17) is 16.7 Å². The van der Waals surface area contributed by atoms with E-state index in [2.05, 4.69) is 5.32 Å². The van der Waals surface area contributed by atoms with Crippen LogP contribution in [0.15, 0.2) is 0 Å². The summed E-state index contributed by atoms with van der Waals surface area (Å²) in [6.45, 7) is 5.50. The van der Waals surface area contributed by atoms with Crippen LogP contribution in [0, 0.1) is 11.3 Å². The van der Waals surface area contributed by atoms with Crippen molar-refractivity contribution in [1.29, 1.82) is 0 Å². The number of alkyl halides is 1. The Morgan fingerprint density at radius 3 is 2.45 bits per heavy atom. The summed E-state index contributed by atoms with van der Waals surface area (Å²) in [5.74, 6) is 0.360. The van der Waals surface area contributed by atoms with E-state index in [1.54, 1.807) is 4.90 Å². The fourth-order valence-corrected chi connectivity index (χ4v) is 2.38. The van der Waals surface area contributed by atoms with Crippen LogP contribution in [-0.2, 0) is 9.59 Å². The Balaban J connectivity index is 2.40. The monoisotopic (exact) mass is 304 g/mol. The molecule has 116 valence electrons. The lowest BCUT2D eigenvalue weighted by molar-refractivity contribution is -0.142. The topological polar surface area (TPSA) is 69.6 Å². The molecular weight excluding hydrogens is 280 g/mol. The van der Waals surface area contributed by atoms with Crippen molar-refractivity contribution in [3.05, 3.63) is 0 Å². The maximum Gasteiger partial charge on any atom is 0.229 e. The summed E-state index contributed by atoms with van der Waals surface area (Å²) in [6, 6.07) is 0. The number of halogens is 1. The number of hydrogen-bond donors (Lipinski definition) is 2. The van der Waals surface area contributed by atoms with Crippen LogP contribution in [0.25, 0.3) is 0 Å². The maximum atomic E-state index is 12.3. The van der Waals surface area contributed by atoms with Crippen LogP contribution in [-0.4, -0.2) is 53.9 Å². The number of hydrogen-bond acceptors (Lipinski definition) is 3. The molecule has 1 rings (SSSR count). The predicted octanol–water partition coefficient (Wildman–Crippen LogP) is 0.989. The van der Waals surface area contributed by atoms with Crippen molar-refractivity contribution >= 4 is 23.4 Å². The van der Waals surface area contributed by atoms with Gasteiger partial charge in [0, 0.05) is 38.0 Å². The number of carbonyl (C=O) groups excluding carboxylic acids is 2. The quantitative estimate of drug-likeness (QED) is 0.568. The first kappa shape index (κ1) is 17.2. The van der Waals surface area contributed by atoms with E-state index in [-0.39, 0.29) is 24.3 Å². The molecule has 0 spiro atoms. The van der Waals surface area contributed by atoms with E-state index in [0.29, 0.717) is 44.8 Å². The van der Waals surface area contributed by atoms with Crippen molar-refractivity contribution < 1.29 is 14.7 Å². The minimum atomic E-state index is -0.544. The first-order chi connectivity index (χ1) is 9.42. The Morgan fingerprint density at radius 1 is 1.35 bits per heavy atom. The number of likely N-dealkylation sites (tertiary alicyclic amines) is 1. The molecule has 2 N–H and O–H groups in total. The van der Waals surface area contributed by atoms with Crippen molar-refractivity contribution in [3.8, 4) is 0 Å². The van der Waals surface area contributed by atoms with Gasteiger partial charge in [-0.3, -0.25) is 9.59 Å². The lowest BCUT2D eigenvalue weighted by Crippen LogP contribution is -2.48. The molecule has 20 heavy (non-hydrogen) atoms. The molecule has 1 aliphatic heterocycles. The first-order valence-electron chi connectivity index (χ1n) is 7.16. The maximum absolute atomic E-state index is 12.3. The highest BCUT2D eigenvalue weighted by atomic mass is 35.5. The van der Waals surface area contributed by atoms with Gasteiger partial charge in [-0.1, -0.05) is 0 Å². The van der Waals surface area contributed by atoms with Gasteiger partial charge in [-0.2, -0.15) is 0 Å². The van der Waals surface area contributed by atoms with Gasteiger partial charge in [0.1, 0.15) is 0 Å². The van der Waals surface area contributed by atoms with Crippen molar-refractivity contribution in [1.82, 2.24) is 10.2 Å². The van der Waals surface area contributed by atoms with Gasteiger partial charge in [-0.25, -0.2) is 0 Å². The van der Waals surface area contributed by atoms with E-state index in [0.717, 1.165) is 0 Å². The first-order valence-corrected chi connectivity index (χ1v) is 7.69. The second-order valence-electron chi connectivity index (χ2n) is 5.95. The minimum Gasteiger partial charge on any atom is -0.396 e. The highest BCUT2D eigenvalue weighted by Crippen LogP contribution is 2.25. The summed E-state index contributed by atoms with van der Waals surface area (Å²) < 4.78 is 0. The highest BCUT2D eigenvalue weighted by Gasteiger charge is 2.34. The summed E-state index contributed by atoms with van der Waals surface area (Å²) in [5, 5.41) is 11.5. The number of nitrogens with one attached hydrogen (secondary N) is 1. The zero-order valence-electron chi connectivity index (χ0n) is 12.3. The Bertz CT molecular complexity index is 339. The van der Waals surface area contributed by atoms with Gasteiger partial charge in [-0.15, -0.1) is 11.6 Å². The van der Waals surface area contributed by atoms with Crippen LogP contribution >= 0.6 is 11.6 Å². The molecular formula is C14H25ClN2O3.